The highest BCUT2D eigenvalue weighted by Crippen LogP contribution is 2.31. The molecular formula is C19H22N2O4. The van der Waals surface area contributed by atoms with Crippen molar-refractivity contribution in [2.45, 2.75) is 6.54 Å². The van der Waals surface area contributed by atoms with E-state index in [0.717, 1.165) is 5.56 Å². The van der Waals surface area contributed by atoms with Gasteiger partial charge in [-0.3, -0.25) is 9.59 Å². The van der Waals surface area contributed by atoms with Gasteiger partial charge in [-0.15, -0.1) is 0 Å². The Hall–Kier alpha value is -3.02. The summed E-state index contributed by atoms with van der Waals surface area (Å²) in [6.07, 6.45) is 0. The van der Waals surface area contributed by atoms with Crippen molar-refractivity contribution in [1.82, 2.24) is 10.2 Å². The molecule has 2 aromatic carbocycles. The Bertz CT molecular complexity index is 757. The summed E-state index contributed by atoms with van der Waals surface area (Å²) in [5, 5.41) is 2.58. The third-order valence-corrected chi connectivity index (χ3v) is 3.84. The van der Waals surface area contributed by atoms with Gasteiger partial charge in [-0.25, -0.2) is 0 Å². The quantitative estimate of drug-likeness (QED) is 0.875. The molecule has 132 valence electrons. The molecule has 0 saturated heterocycles. The number of ether oxygens (including phenoxy) is 2. The molecule has 0 unspecified atom stereocenters. The van der Waals surface area contributed by atoms with Gasteiger partial charge in [-0.05, 0) is 29.8 Å². The van der Waals surface area contributed by atoms with Crippen LogP contribution in [0.2, 0.25) is 0 Å². The first-order chi connectivity index (χ1) is 12.0. The summed E-state index contributed by atoms with van der Waals surface area (Å²) >= 11 is 0. The van der Waals surface area contributed by atoms with Crippen molar-refractivity contribution in [2.24, 2.45) is 0 Å². The van der Waals surface area contributed by atoms with E-state index < -0.39 is 0 Å². The monoisotopic (exact) mass is 342 g/mol. The Labute approximate surface area is 147 Å². The van der Waals surface area contributed by atoms with Crippen LogP contribution in [-0.2, 0) is 6.54 Å². The maximum atomic E-state index is 12.7. The molecule has 0 atom stereocenters. The molecule has 0 fully saturated rings. The average Bonchev–Trinajstić information content (AvgIpc) is 2.66. The average molecular weight is 342 g/mol. The number of rotatable bonds is 6. The second kappa shape index (κ2) is 8.19. The molecule has 0 saturated carbocycles. The molecule has 0 aromatic heterocycles. The van der Waals surface area contributed by atoms with Crippen LogP contribution in [0.15, 0.2) is 42.5 Å². The molecule has 0 heterocycles. The standard InChI is InChI=1S/C19H22N2O4/c1-20-18(22)14-10-8-13(9-11-14)12-21(2)19(23)15-6-5-7-16(24-3)17(15)25-4/h5-11H,12H2,1-4H3,(H,20,22). The van der Waals surface area contributed by atoms with Crippen LogP contribution in [0, 0.1) is 0 Å². The molecule has 0 radical (unpaired) electrons. The number of hydrogen-bond donors (Lipinski definition) is 1. The van der Waals surface area contributed by atoms with Gasteiger partial charge in [0, 0.05) is 26.2 Å². The molecule has 2 aromatic rings. The zero-order valence-electron chi connectivity index (χ0n) is 14.8. The van der Waals surface area contributed by atoms with Crippen LogP contribution >= 0.6 is 0 Å². The number of carbonyl (C=O) groups is 2. The fraction of sp³-hybridized carbons (Fsp3) is 0.263. The first-order valence-electron chi connectivity index (χ1n) is 7.79. The molecule has 2 amide bonds. The number of nitrogens with zero attached hydrogens (tertiary/aromatic N) is 1. The van der Waals surface area contributed by atoms with Crippen molar-refractivity contribution in [3.63, 3.8) is 0 Å². The number of para-hydroxylation sites is 1. The number of benzene rings is 2. The topological polar surface area (TPSA) is 67.9 Å². The minimum absolute atomic E-state index is 0.142. The molecule has 0 bridgehead atoms. The van der Waals surface area contributed by atoms with Gasteiger partial charge in [-0.2, -0.15) is 0 Å². The fourth-order valence-corrected chi connectivity index (χ4v) is 2.51. The maximum Gasteiger partial charge on any atom is 0.257 e. The molecule has 0 aliphatic carbocycles. The minimum Gasteiger partial charge on any atom is -0.493 e. The zero-order chi connectivity index (χ0) is 18.4. The summed E-state index contributed by atoms with van der Waals surface area (Å²) in [5.74, 6) is 0.608. The second-order valence-corrected chi connectivity index (χ2v) is 5.48. The first-order valence-corrected chi connectivity index (χ1v) is 7.79. The molecule has 2 rings (SSSR count). The fourth-order valence-electron chi connectivity index (χ4n) is 2.51. The maximum absolute atomic E-state index is 12.7. The SMILES string of the molecule is CNC(=O)c1ccc(CN(C)C(=O)c2cccc(OC)c2OC)cc1. The van der Waals surface area contributed by atoms with Crippen LogP contribution in [0.3, 0.4) is 0 Å². The van der Waals surface area contributed by atoms with E-state index in [2.05, 4.69) is 5.32 Å². The summed E-state index contributed by atoms with van der Waals surface area (Å²) in [6.45, 7) is 0.410. The van der Waals surface area contributed by atoms with E-state index in [0.29, 0.717) is 29.2 Å². The summed E-state index contributed by atoms with van der Waals surface area (Å²) in [5.41, 5.74) is 1.94. The Kier molecular flexibility index (Phi) is 6.00. The van der Waals surface area contributed by atoms with Gasteiger partial charge in [0.05, 0.1) is 19.8 Å². The van der Waals surface area contributed by atoms with Gasteiger partial charge in [0.1, 0.15) is 0 Å². The van der Waals surface area contributed by atoms with Crippen LogP contribution in [0.4, 0.5) is 0 Å². The Morgan fingerprint density at radius 1 is 1.04 bits per heavy atom. The highest BCUT2D eigenvalue weighted by molar-refractivity contribution is 5.97. The Morgan fingerprint density at radius 2 is 1.72 bits per heavy atom. The lowest BCUT2D eigenvalue weighted by Gasteiger charge is -2.20. The molecule has 25 heavy (non-hydrogen) atoms. The van der Waals surface area contributed by atoms with E-state index in [1.807, 2.05) is 12.1 Å². The van der Waals surface area contributed by atoms with Gasteiger partial charge in [0.2, 0.25) is 0 Å². The molecule has 6 nitrogen and oxygen atoms in total. The third kappa shape index (κ3) is 4.09. The van der Waals surface area contributed by atoms with Gasteiger partial charge in [0.15, 0.2) is 11.5 Å². The van der Waals surface area contributed by atoms with Crippen molar-refractivity contribution in [1.29, 1.82) is 0 Å². The molecule has 0 aliphatic rings. The highest BCUT2D eigenvalue weighted by Gasteiger charge is 2.19. The molecule has 6 heteroatoms. The summed E-state index contributed by atoms with van der Waals surface area (Å²) in [6, 6.07) is 12.3. The van der Waals surface area contributed by atoms with E-state index in [9.17, 15) is 9.59 Å². The molecule has 0 aliphatic heterocycles. The zero-order valence-corrected chi connectivity index (χ0v) is 14.8. The van der Waals surface area contributed by atoms with Crippen molar-refractivity contribution >= 4 is 11.8 Å². The summed E-state index contributed by atoms with van der Waals surface area (Å²) in [4.78, 5) is 25.9. The molecule has 0 spiro atoms. The van der Waals surface area contributed by atoms with Crippen LogP contribution in [0.25, 0.3) is 0 Å². The number of hydrogen-bond acceptors (Lipinski definition) is 4. The Morgan fingerprint density at radius 3 is 2.28 bits per heavy atom. The van der Waals surface area contributed by atoms with E-state index in [1.54, 1.807) is 49.3 Å². The lowest BCUT2D eigenvalue weighted by molar-refractivity contribution is 0.0780. The largest absolute Gasteiger partial charge is 0.493 e. The number of amides is 2. The smallest absolute Gasteiger partial charge is 0.257 e. The van der Waals surface area contributed by atoms with Crippen LogP contribution in [0.1, 0.15) is 26.3 Å². The second-order valence-electron chi connectivity index (χ2n) is 5.48. The van der Waals surface area contributed by atoms with E-state index in [4.69, 9.17) is 9.47 Å². The number of methoxy groups -OCH3 is 2. The van der Waals surface area contributed by atoms with Crippen molar-refractivity contribution in [3.05, 3.63) is 59.2 Å². The van der Waals surface area contributed by atoms with Crippen molar-refractivity contribution in [3.8, 4) is 11.5 Å². The van der Waals surface area contributed by atoms with E-state index >= 15 is 0 Å². The van der Waals surface area contributed by atoms with Gasteiger partial charge in [0.25, 0.3) is 11.8 Å². The van der Waals surface area contributed by atoms with Crippen molar-refractivity contribution in [2.75, 3.05) is 28.3 Å². The van der Waals surface area contributed by atoms with Gasteiger partial charge >= 0.3 is 0 Å². The lowest BCUT2D eigenvalue weighted by Crippen LogP contribution is -2.26. The van der Waals surface area contributed by atoms with E-state index in [1.165, 1.54) is 14.2 Å². The summed E-state index contributed by atoms with van der Waals surface area (Å²) < 4.78 is 10.6. The minimum atomic E-state index is -0.175. The third-order valence-electron chi connectivity index (χ3n) is 3.84. The van der Waals surface area contributed by atoms with Crippen LogP contribution in [-0.4, -0.2) is 45.0 Å². The van der Waals surface area contributed by atoms with Crippen LogP contribution in [0.5, 0.6) is 11.5 Å². The highest BCUT2D eigenvalue weighted by atomic mass is 16.5. The number of nitrogens with one attached hydrogen (secondary N) is 1. The van der Waals surface area contributed by atoms with E-state index in [-0.39, 0.29) is 11.8 Å². The predicted molar refractivity (Wildman–Crippen MR) is 95.2 cm³/mol. The van der Waals surface area contributed by atoms with Gasteiger partial charge in [-0.1, -0.05) is 18.2 Å². The van der Waals surface area contributed by atoms with Crippen LogP contribution < -0.4 is 14.8 Å². The summed E-state index contributed by atoms with van der Waals surface area (Å²) in [7, 11) is 6.34. The van der Waals surface area contributed by atoms with Gasteiger partial charge < -0.3 is 19.7 Å². The first kappa shape index (κ1) is 18.3. The Balaban J connectivity index is 2.17. The van der Waals surface area contributed by atoms with Crippen molar-refractivity contribution < 1.29 is 19.1 Å². The normalized spacial score (nSPS) is 10.1. The molecular weight excluding hydrogens is 320 g/mol. The predicted octanol–water partition coefficient (Wildman–Crippen LogP) is 2.34. The lowest BCUT2D eigenvalue weighted by atomic mass is 10.1. The molecule has 1 N–H and O–H groups in total. The number of carbonyl (C=O) groups excluding carboxylic acids is 2.